The second-order valence-electron chi connectivity index (χ2n) is 6.89. The Balaban J connectivity index is 1.45. The molecule has 0 spiro atoms. The zero-order chi connectivity index (χ0) is 17.7. The molecule has 0 bridgehead atoms. The van der Waals surface area contributed by atoms with Gasteiger partial charge in [-0.2, -0.15) is 9.61 Å². The molecule has 1 aliphatic rings. The summed E-state index contributed by atoms with van der Waals surface area (Å²) in [6.45, 7) is 3.78. The summed E-state index contributed by atoms with van der Waals surface area (Å²) in [6.07, 6.45) is 3.63. The van der Waals surface area contributed by atoms with E-state index in [1.165, 1.54) is 0 Å². The van der Waals surface area contributed by atoms with Crippen molar-refractivity contribution in [2.24, 2.45) is 0 Å². The zero-order valence-electron chi connectivity index (χ0n) is 14.6. The minimum atomic E-state index is -0.0149. The molecule has 5 rings (SSSR count). The Labute approximate surface area is 149 Å². The third kappa shape index (κ3) is 2.31. The summed E-state index contributed by atoms with van der Waals surface area (Å²) in [5.41, 5.74) is 3.74. The van der Waals surface area contributed by atoms with Crippen LogP contribution in [0.1, 0.15) is 24.6 Å². The highest BCUT2D eigenvalue weighted by molar-refractivity contribution is 5.75. The quantitative estimate of drug-likeness (QED) is 0.604. The molecule has 1 aliphatic heterocycles. The standard InChI is InChI=1S/C19H20N6O/c1-13-12-18(25-17(21-13)6-9-20-25)23-10-7-14(8-11-23)24-16-5-3-2-4-15(16)22-19(24)26/h2-6,9,12,14H,7-8,10-11H2,1H3,(H,22,26). The molecule has 26 heavy (non-hydrogen) atoms. The number of imidazole rings is 1. The number of piperidine rings is 1. The first-order chi connectivity index (χ1) is 12.7. The number of aromatic amines is 1. The van der Waals surface area contributed by atoms with Crippen molar-refractivity contribution in [2.75, 3.05) is 18.0 Å². The minimum absolute atomic E-state index is 0.0149. The van der Waals surface area contributed by atoms with E-state index in [-0.39, 0.29) is 11.7 Å². The van der Waals surface area contributed by atoms with Crippen LogP contribution in [-0.4, -0.2) is 37.2 Å². The Kier molecular flexibility index (Phi) is 3.34. The van der Waals surface area contributed by atoms with Gasteiger partial charge in [0.2, 0.25) is 0 Å². The molecule has 0 radical (unpaired) electrons. The number of hydrogen-bond acceptors (Lipinski definition) is 4. The Morgan fingerprint density at radius 2 is 1.96 bits per heavy atom. The lowest BCUT2D eigenvalue weighted by molar-refractivity contribution is 0.394. The molecule has 1 fully saturated rings. The van der Waals surface area contributed by atoms with Crippen molar-refractivity contribution in [3.63, 3.8) is 0 Å². The lowest BCUT2D eigenvalue weighted by Gasteiger charge is -2.34. The van der Waals surface area contributed by atoms with E-state index in [0.29, 0.717) is 0 Å². The maximum Gasteiger partial charge on any atom is 0.326 e. The monoisotopic (exact) mass is 348 g/mol. The lowest BCUT2D eigenvalue weighted by Crippen LogP contribution is -2.38. The molecule has 0 amide bonds. The fourth-order valence-corrected chi connectivity index (χ4v) is 4.03. The lowest BCUT2D eigenvalue weighted by atomic mass is 10.0. The number of hydrogen-bond donors (Lipinski definition) is 1. The van der Waals surface area contributed by atoms with E-state index < -0.39 is 0 Å². The average Bonchev–Trinajstić information content (AvgIpc) is 3.24. The number of para-hydroxylation sites is 2. The fourth-order valence-electron chi connectivity index (χ4n) is 4.03. The Bertz CT molecular complexity index is 1150. The smallest absolute Gasteiger partial charge is 0.326 e. The molecule has 1 aromatic carbocycles. The third-order valence-electron chi connectivity index (χ3n) is 5.25. The predicted octanol–water partition coefficient (Wildman–Crippen LogP) is 2.52. The Morgan fingerprint density at radius 1 is 1.15 bits per heavy atom. The molecule has 132 valence electrons. The largest absolute Gasteiger partial charge is 0.356 e. The van der Waals surface area contributed by atoms with E-state index in [0.717, 1.165) is 54.1 Å². The van der Waals surface area contributed by atoms with E-state index in [1.54, 1.807) is 6.20 Å². The summed E-state index contributed by atoms with van der Waals surface area (Å²) in [5, 5.41) is 4.41. The first kappa shape index (κ1) is 15.2. The molecule has 1 N–H and O–H groups in total. The number of anilines is 1. The van der Waals surface area contributed by atoms with Crippen molar-refractivity contribution in [3.05, 3.63) is 58.8 Å². The minimum Gasteiger partial charge on any atom is -0.356 e. The number of rotatable bonds is 2. The van der Waals surface area contributed by atoms with Crippen molar-refractivity contribution in [2.45, 2.75) is 25.8 Å². The number of fused-ring (bicyclic) bond motifs is 2. The van der Waals surface area contributed by atoms with Crippen molar-refractivity contribution < 1.29 is 0 Å². The van der Waals surface area contributed by atoms with Crippen LogP contribution in [0.25, 0.3) is 16.7 Å². The van der Waals surface area contributed by atoms with Gasteiger partial charge in [0.05, 0.1) is 17.2 Å². The van der Waals surface area contributed by atoms with Gasteiger partial charge in [-0.25, -0.2) is 9.78 Å². The molecule has 7 nitrogen and oxygen atoms in total. The summed E-state index contributed by atoms with van der Waals surface area (Å²) in [4.78, 5) is 22.3. The third-order valence-corrected chi connectivity index (χ3v) is 5.25. The van der Waals surface area contributed by atoms with Gasteiger partial charge in [-0.15, -0.1) is 0 Å². The van der Waals surface area contributed by atoms with Gasteiger partial charge in [0.25, 0.3) is 0 Å². The second kappa shape index (κ2) is 5.72. The molecule has 0 saturated carbocycles. The molecule has 4 heterocycles. The first-order valence-corrected chi connectivity index (χ1v) is 8.96. The number of aryl methyl sites for hydroxylation is 1. The zero-order valence-corrected chi connectivity index (χ0v) is 14.6. The second-order valence-corrected chi connectivity index (χ2v) is 6.89. The van der Waals surface area contributed by atoms with Crippen LogP contribution in [-0.2, 0) is 0 Å². The van der Waals surface area contributed by atoms with Crippen LogP contribution in [0.15, 0.2) is 47.4 Å². The molecule has 3 aromatic heterocycles. The van der Waals surface area contributed by atoms with E-state index in [2.05, 4.69) is 26.0 Å². The summed E-state index contributed by atoms with van der Waals surface area (Å²) < 4.78 is 3.82. The number of benzene rings is 1. The summed E-state index contributed by atoms with van der Waals surface area (Å²) in [7, 11) is 0. The molecule has 4 aromatic rings. The number of nitrogens with one attached hydrogen (secondary N) is 1. The van der Waals surface area contributed by atoms with Gasteiger partial charge in [-0.3, -0.25) is 4.57 Å². The van der Waals surface area contributed by atoms with Gasteiger partial charge in [0.15, 0.2) is 5.65 Å². The van der Waals surface area contributed by atoms with Crippen LogP contribution < -0.4 is 10.6 Å². The normalized spacial score (nSPS) is 16.0. The van der Waals surface area contributed by atoms with Crippen molar-refractivity contribution in [3.8, 4) is 0 Å². The van der Waals surface area contributed by atoms with Gasteiger partial charge in [-0.1, -0.05) is 12.1 Å². The van der Waals surface area contributed by atoms with Gasteiger partial charge < -0.3 is 9.88 Å². The van der Waals surface area contributed by atoms with Gasteiger partial charge in [-0.05, 0) is 31.9 Å². The van der Waals surface area contributed by atoms with Crippen molar-refractivity contribution in [1.29, 1.82) is 0 Å². The molecular weight excluding hydrogens is 328 g/mol. The van der Waals surface area contributed by atoms with Crippen LogP contribution >= 0.6 is 0 Å². The number of aromatic nitrogens is 5. The van der Waals surface area contributed by atoms with E-state index in [4.69, 9.17) is 0 Å². The number of nitrogens with zero attached hydrogens (tertiary/aromatic N) is 5. The summed E-state index contributed by atoms with van der Waals surface area (Å²) in [5.74, 6) is 1.07. The topological polar surface area (TPSA) is 71.2 Å². The predicted molar refractivity (Wildman–Crippen MR) is 101 cm³/mol. The molecular formula is C19H20N6O. The Morgan fingerprint density at radius 3 is 2.81 bits per heavy atom. The van der Waals surface area contributed by atoms with Crippen molar-refractivity contribution >= 4 is 22.5 Å². The van der Waals surface area contributed by atoms with Crippen LogP contribution in [0.2, 0.25) is 0 Å². The summed E-state index contributed by atoms with van der Waals surface area (Å²) in [6, 6.07) is 12.1. The maximum atomic E-state index is 12.4. The van der Waals surface area contributed by atoms with Gasteiger partial charge in [0, 0.05) is 37.0 Å². The molecule has 0 unspecified atom stereocenters. The van der Waals surface area contributed by atoms with Crippen LogP contribution in [0.4, 0.5) is 5.82 Å². The van der Waals surface area contributed by atoms with Crippen molar-refractivity contribution in [1.82, 2.24) is 24.1 Å². The van der Waals surface area contributed by atoms with E-state index in [1.807, 2.05) is 46.3 Å². The van der Waals surface area contributed by atoms with E-state index >= 15 is 0 Å². The molecule has 0 aliphatic carbocycles. The highest BCUT2D eigenvalue weighted by Gasteiger charge is 2.25. The highest BCUT2D eigenvalue weighted by atomic mass is 16.1. The van der Waals surface area contributed by atoms with Crippen LogP contribution in [0.3, 0.4) is 0 Å². The molecule has 0 atom stereocenters. The highest BCUT2D eigenvalue weighted by Crippen LogP contribution is 2.28. The summed E-state index contributed by atoms with van der Waals surface area (Å²) >= 11 is 0. The van der Waals surface area contributed by atoms with Crippen LogP contribution in [0, 0.1) is 6.92 Å². The molecule has 1 saturated heterocycles. The molecule has 7 heteroatoms. The first-order valence-electron chi connectivity index (χ1n) is 8.96. The Hall–Kier alpha value is -3.09. The van der Waals surface area contributed by atoms with Gasteiger partial charge >= 0.3 is 5.69 Å². The SMILES string of the molecule is Cc1cc(N2CCC(n3c(=O)[nH]c4ccccc43)CC2)n2nccc2n1. The van der Waals surface area contributed by atoms with E-state index in [9.17, 15) is 4.79 Å². The fraction of sp³-hybridized carbons (Fsp3) is 0.316. The van der Waals surface area contributed by atoms with Crippen LogP contribution in [0.5, 0.6) is 0 Å². The average molecular weight is 348 g/mol. The number of H-pyrrole nitrogens is 1. The van der Waals surface area contributed by atoms with Gasteiger partial charge in [0.1, 0.15) is 5.82 Å². The maximum absolute atomic E-state index is 12.4.